The Morgan fingerprint density at radius 3 is 2.62 bits per heavy atom. The fourth-order valence-electron chi connectivity index (χ4n) is 1.58. The second-order valence-corrected chi connectivity index (χ2v) is 3.72. The van der Waals surface area contributed by atoms with E-state index in [0.29, 0.717) is 17.6 Å². The van der Waals surface area contributed by atoms with Crippen molar-refractivity contribution in [3.8, 4) is 0 Å². The van der Waals surface area contributed by atoms with Crippen molar-refractivity contribution in [1.29, 1.82) is 0 Å². The normalized spacial score (nSPS) is 21.5. The number of nitrogens with zero attached hydrogens (tertiary/aromatic N) is 2. The summed E-state index contributed by atoms with van der Waals surface area (Å²) in [6.07, 6.45) is 2.38. The Morgan fingerprint density at radius 2 is 2.23 bits per heavy atom. The van der Waals surface area contributed by atoms with E-state index in [0.717, 1.165) is 0 Å². The molecule has 72 valence electrons. The van der Waals surface area contributed by atoms with Gasteiger partial charge in [0.25, 0.3) is 0 Å². The maximum absolute atomic E-state index is 5.48. The molecule has 0 aromatic carbocycles. The first-order chi connectivity index (χ1) is 6.16. The lowest BCUT2D eigenvalue weighted by Gasteiger charge is -2.23. The molecule has 1 unspecified atom stereocenters. The highest BCUT2D eigenvalue weighted by molar-refractivity contribution is 5.06. The molecule has 0 spiro atoms. The van der Waals surface area contributed by atoms with Crippen LogP contribution in [0.5, 0.6) is 0 Å². The quantitative estimate of drug-likeness (QED) is 0.713. The monoisotopic (exact) mass is 182 g/mol. The van der Waals surface area contributed by atoms with E-state index in [4.69, 9.17) is 9.26 Å². The third-order valence-electron chi connectivity index (χ3n) is 2.75. The lowest BCUT2D eigenvalue weighted by Crippen LogP contribution is -2.28. The standard InChI is InChI=1S/C9H14N2O2/c1-6-10-8(11-13-6)9(2,12-3)7-4-5-7/h7H,4-5H2,1-3H3. The SMILES string of the molecule is COC(C)(c1noc(C)n1)C1CC1. The first-order valence-electron chi connectivity index (χ1n) is 4.53. The molecule has 0 aliphatic heterocycles. The average Bonchev–Trinajstić information content (AvgIpc) is 2.89. The average molecular weight is 182 g/mol. The second-order valence-electron chi connectivity index (χ2n) is 3.72. The third-order valence-corrected chi connectivity index (χ3v) is 2.75. The molecule has 1 aromatic rings. The van der Waals surface area contributed by atoms with Crippen LogP contribution in [0.1, 0.15) is 31.5 Å². The van der Waals surface area contributed by atoms with Crippen LogP contribution in [0.25, 0.3) is 0 Å². The summed E-state index contributed by atoms with van der Waals surface area (Å²) in [6, 6.07) is 0. The molecule has 0 amide bonds. The van der Waals surface area contributed by atoms with Gasteiger partial charge in [-0.3, -0.25) is 0 Å². The fraction of sp³-hybridized carbons (Fsp3) is 0.778. The maximum atomic E-state index is 5.48. The largest absolute Gasteiger partial charge is 0.370 e. The summed E-state index contributed by atoms with van der Waals surface area (Å²) in [5, 5.41) is 3.91. The van der Waals surface area contributed by atoms with Crippen molar-refractivity contribution >= 4 is 0 Å². The van der Waals surface area contributed by atoms with Crippen LogP contribution in [0.3, 0.4) is 0 Å². The van der Waals surface area contributed by atoms with E-state index in [1.165, 1.54) is 12.8 Å². The van der Waals surface area contributed by atoms with Crippen LogP contribution in [0.15, 0.2) is 4.52 Å². The van der Waals surface area contributed by atoms with Crippen molar-refractivity contribution < 1.29 is 9.26 Å². The lowest BCUT2D eigenvalue weighted by atomic mass is 10.00. The maximum Gasteiger partial charge on any atom is 0.223 e. The van der Waals surface area contributed by atoms with E-state index in [1.807, 2.05) is 6.92 Å². The van der Waals surface area contributed by atoms with Crippen molar-refractivity contribution in [2.45, 2.75) is 32.3 Å². The summed E-state index contributed by atoms with van der Waals surface area (Å²) in [4.78, 5) is 4.21. The Balaban J connectivity index is 2.29. The first kappa shape index (κ1) is 8.69. The Hall–Kier alpha value is -0.900. The summed E-state index contributed by atoms with van der Waals surface area (Å²) >= 11 is 0. The Bertz CT molecular complexity index is 306. The molecule has 13 heavy (non-hydrogen) atoms. The fourth-order valence-corrected chi connectivity index (χ4v) is 1.58. The van der Waals surface area contributed by atoms with Crippen LogP contribution in [0, 0.1) is 12.8 Å². The van der Waals surface area contributed by atoms with Crippen LogP contribution in [0.4, 0.5) is 0 Å². The molecular weight excluding hydrogens is 168 g/mol. The van der Waals surface area contributed by atoms with Crippen LogP contribution < -0.4 is 0 Å². The molecule has 1 aliphatic carbocycles. The second kappa shape index (κ2) is 2.80. The molecule has 1 atom stereocenters. The number of hydrogen-bond acceptors (Lipinski definition) is 4. The predicted octanol–water partition coefficient (Wildman–Crippen LogP) is 1.65. The lowest BCUT2D eigenvalue weighted by molar-refractivity contribution is -0.0269. The molecule has 1 heterocycles. The van der Waals surface area contributed by atoms with Gasteiger partial charge in [0, 0.05) is 14.0 Å². The van der Waals surface area contributed by atoms with Crippen molar-refractivity contribution in [1.82, 2.24) is 10.1 Å². The van der Waals surface area contributed by atoms with Gasteiger partial charge in [-0.2, -0.15) is 4.98 Å². The zero-order valence-corrected chi connectivity index (χ0v) is 8.20. The van der Waals surface area contributed by atoms with Crippen LogP contribution in [0.2, 0.25) is 0 Å². The minimum absolute atomic E-state index is 0.349. The Labute approximate surface area is 77.3 Å². The summed E-state index contributed by atoms with van der Waals surface area (Å²) in [5.74, 6) is 1.82. The summed E-state index contributed by atoms with van der Waals surface area (Å²) < 4.78 is 10.4. The van der Waals surface area contributed by atoms with E-state index < -0.39 is 0 Å². The van der Waals surface area contributed by atoms with Crippen molar-refractivity contribution in [3.63, 3.8) is 0 Å². The number of hydrogen-bond donors (Lipinski definition) is 0. The Kier molecular flexibility index (Phi) is 1.87. The van der Waals surface area contributed by atoms with E-state index >= 15 is 0 Å². The highest BCUT2D eigenvalue weighted by Crippen LogP contribution is 2.46. The van der Waals surface area contributed by atoms with Gasteiger partial charge in [-0.1, -0.05) is 5.16 Å². The molecule has 1 fully saturated rings. The molecule has 4 nitrogen and oxygen atoms in total. The van der Waals surface area contributed by atoms with Gasteiger partial charge < -0.3 is 9.26 Å². The predicted molar refractivity (Wildman–Crippen MR) is 46.1 cm³/mol. The molecule has 1 aromatic heterocycles. The van der Waals surface area contributed by atoms with Crippen molar-refractivity contribution in [3.05, 3.63) is 11.7 Å². The van der Waals surface area contributed by atoms with Gasteiger partial charge in [-0.05, 0) is 25.7 Å². The molecule has 0 N–H and O–H groups in total. The summed E-state index contributed by atoms with van der Waals surface area (Å²) in [6.45, 7) is 3.81. The van der Waals surface area contributed by atoms with Crippen LogP contribution in [-0.4, -0.2) is 17.3 Å². The molecule has 1 saturated carbocycles. The van der Waals surface area contributed by atoms with E-state index in [9.17, 15) is 0 Å². The molecule has 4 heteroatoms. The molecule has 0 saturated heterocycles. The van der Waals surface area contributed by atoms with Crippen LogP contribution >= 0.6 is 0 Å². The van der Waals surface area contributed by atoms with Gasteiger partial charge in [-0.15, -0.1) is 0 Å². The summed E-state index contributed by atoms with van der Waals surface area (Å²) in [7, 11) is 1.70. The minimum atomic E-state index is -0.349. The molecule has 1 aliphatic rings. The first-order valence-corrected chi connectivity index (χ1v) is 4.53. The van der Waals surface area contributed by atoms with E-state index in [-0.39, 0.29) is 5.60 Å². The van der Waals surface area contributed by atoms with Gasteiger partial charge in [0.2, 0.25) is 11.7 Å². The number of methoxy groups -OCH3 is 1. The van der Waals surface area contributed by atoms with Crippen LogP contribution in [-0.2, 0) is 10.3 Å². The zero-order valence-electron chi connectivity index (χ0n) is 8.20. The number of aromatic nitrogens is 2. The van der Waals surface area contributed by atoms with Gasteiger partial charge in [0.05, 0.1) is 0 Å². The topological polar surface area (TPSA) is 48.2 Å². The van der Waals surface area contributed by atoms with Gasteiger partial charge in [0.15, 0.2) is 0 Å². The van der Waals surface area contributed by atoms with Gasteiger partial charge in [-0.25, -0.2) is 0 Å². The summed E-state index contributed by atoms with van der Waals surface area (Å²) in [5.41, 5.74) is -0.349. The minimum Gasteiger partial charge on any atom is -0.370 e. The zero-order chi connectivity index (χ0) is 9.47. The van der Waals surface area contributed by atoms with Crippen molar-refractivity contribution in [2.24, 2.45) is 5.92 Å². The smallest absolute Gasteiger partial charge is 0.223 e. The van der Waals surface area contributed by atoms with Crippen molar-refractivity contribution in [2.75, 3.05) is 7.11 Å². The molecule has 0 radical (unpaired) electrons. The third kappa shape index (κ3) is 1.35. The van der Waals surface area contributed by atoms with E-state index in [2.05, 4.69) is 10.1 Å². The number of rotatable bonds is 3. The molecule has 2 rings (SSSR count). The highest BCUT2D eigenvalue weighted by atomic mass is 16.5. The number of ether oxygens (including phenoxy) is 1. The highest BCUT2D eigenvalue weighted by Gasteiger charge is 2.46. The molecule has 0 bridgehead atoms. The van der Waals surface area contributed by atoms with Gasteiger partial charge >= 0.3 is 0 Å². The number of aryl methyl sites for hydroxylation is 1. The van der Waals surface area contributed by atoms with Gasteiger partial charge in [0.1, 0.15) is 5.60 Å². The molecular formula is C9H14N2O2. The van der Waals surface area contributed by atoms with E-state index in [1.54, 1.807) is 14.0 Å². The Morgan fingerprint density at radius 1 is 1.54 bits per heavy atom.